The van der Waals surface area contributed by atoms with Crippen LogP contribution in [0.25, 0.3) is 0 Å². The van der Waals surface area contributed by atoms with E-state index in [2.05, 4.69) is 0 Å². The van der Waals surface area contributed by atoms with Gasteiger partial charge < -0.3 is 10.5 Å². The lowest BCUT2D eigenvalue weighted by molar-refractivity contribution is 0.405. The van der Waals surface area contributed by atoms with Gasteiger partial charge in [-0.05, 0) is 42.3 Å². The van der Waals surface area contributed by atoms with Gasteiger partial charge in [0.15, 0.2) is 0 Å². The molecule has 19 heavy (non-hydrogen) atoms. The third-order valence-corrected chi connectivity index (χ3v) is 3.20. The largest absolute Gasteiger partial charge is 0.496 e. The molecule has 0 radical (unpaired) electrons. The van der Waals surface area contributed by atoms with Gasteiger partial charge in [0, 0.05) is 16.6 Å². The first-order chi connectivity index (χ1) is 9.10. The summed E-state index contributed by atoms with van der Waals surface area (Å²) in [6.07, 6.45) is 0.594. The minimum atomic E-state index is -0.252. The van der Waals surface area contributed by atoms with Crippen LogP contribution >= 0.6 is 11.6 Å². The van der Waals surface area contributed by atoms with Gasteiger partial charge in [0.25, 0.3) is 0 Å². The molecule has 2 aromatic carbocycles. The standard InChI is InChI=1S/C15H15ClFNO/c1-19-15-7-4-11(16)9-13(15)14(18)8-10-2-5-12(17)6-3-10/h2-7,9,14H,8,18H2,1H3. The Morgan fingerprint density at radius 1 is 1.21 bits per heavy atom. The van der Waals surface area contributed by atoms with Crippen LogP contribution in [-0.2, 0) is 6.42 Å². The van der Waals surface area contributed by atoms with E-state index in [0.29, 0.717) is 17.2 Å². The van der Waals surface area contributed by atoms with Crippen LogP contribution in [0.5, 0.6) is 5.75 Å². The molecule has 0 spiro atoms. The fourth-order valence-corrected chi connectivity index (χ4v) is 2.16. The van der Waals surface area contributed by atoms with Gasteiger partial charge in [-0.15, -0.1) is 0 Å². The number of benzene rings is 2. The summed E-state index contributed by atoms with van der Waals surface area (Å²) >= 11 is 5.98. The molecule has 0 amide bonds. The molecule has 0 fully saturated rings. The molecule has 100 valence electrons. The van der Waals surface area contributed by atoms with E-state index in [4.69, 9.17) is 22.1 Å². The van der Waals surface area contributed by atoms with Crippen LogP contribution < -0.4 is 10.5 Å². The maximum absolute atomic E-state index is 12.8. The minimum Gasteiger partial charge on any atom is -0.496 e. The highest BCUT2D eigenvalue weighted by atomic mass is 35.5. The maximum Gasteiger partial charge on any atom is 0.123 e. The summed E-state index contributed by atoms with van der Waals surface area (Å²) < 4.78 is 18.1. The van der Waals surface area contributed by atoms with Crippen molar-refractivity contribution in [3.63, 3.8) is 0 Å². The van der Waals surface area contributed by atoms with E-state index in [-0.39, 0.29) is 11.9 Å². The summed E-state index contributed by atoms with van der Waals surface area (Å²) in [6, 6.07) is 11.4. The number of nitrogens with two attached hydrogens (primary N) is 1. The van der Waals surface area contributed by atoms with Crippen molar-refractivity contribution in [2.45, 2.75) is 12.5 Å². The van der Waals surface area contributed by atoms with Crippen molar-refractivity contribution in [1.29, 1.82) is 0 Å². The molecule has 0 heterocycles. The van der Waals surface area contributed by atoms with Crippen LogP contribution in [0.3, 0.4) is 0 Å². The molecule has 0 saturated carbocycles. The van der Waals surface area contributed by atoms with Crippen molar-refractivity contribution in [2.24, 2.45) is 5.73 Å². The van der Waals surface area contributed by atoms with Gasteiger partial charge in [-0.1, -0.05) is 23.7 Å². The molecule has 0 aliphatic heterocycles. The fourth-order valence-electron chi connectivity index (χ4n) is 1.98. The molecule has 0 bridgehead atoms. The fraction of sp³-hybridized carbons (Fsp3) is 0.200. The summed E-state index contributed by atoms with van der Waals surface area (Å²) in [5, 5.41) is 0.616. The van der Waals surface area contributed by atoms with Crippen molar-refractivity contribution >= 4 is 11.6 Å². The lowest BCUT2D eigenvalue weighted by atomic mass is 9.99. The van der Waals surface area contributed by atoms with Crippen molar-refractivity contribution < 1.29 is 9.13 Å². The normalized spacial score (nSPS) is 12.2. The summed E-state index contributed by atoms with van der Waals surface area (Å²) in [5.41, 5.74) is 7.99. The van der Waals surface area contributed by atoms with E-state index in [9.17, 15) is 4.39 Å². The van der Waals surface area contributed by atoms with Gasteiger partial charge in [0.1, 0.15) is 11.6 Å². The Balaban J connectivity index is 2.21. The molecule has 2 N–H and O–H groups in total. The predicted molar refractivity (Wildman–Crippen MR) is 75.0 cm³/mol. The van der Waals surface area contributed by atoms with Crippen molar-refractivity contribution in [3.05, 3.63) is 64.4 Å². The number of hydrogen-bond acceptors (Lipinski definition) is 2. The zero-order valence-electron chi connectivity index (χ0n) is 10.6. The van der Waals surface area contributed by atoms with E-state index in [1.807, 2.05) is 0 Å². The summed E-state index contributed by atoms with van der Waals surface area (Å²) in [7, 11) is 1.59. The third kappa shape index (κ3) is 3.46. The van der Waals surface area contributed by atoms with Crippen molar-refractivity contribution in [3.8, 4) is 5.75 Å². The number of hydrogen-bond donors (Lipinski definition) is 1. The van der Waals surface area contributed by atoms with Crippen LogP contribution in [0.1, 0.15) is 17.2 Å². The second-order valence-corrected chi connectivity index (χ2v) is 4.76. The molecule has 4 heteroatoms. The molecule has 0 aliphatic carbocycles. The van der Waals surface area contributed by atoms with E-state index >= 15 is 0 Å². The second kappa shape index (κ2) is 6.04. The number of methoxy groups -OCH3 is 1. The Bertz CT molecular complexity index is 557. The Hall–Kier alpha value is -1.58. The highest BCUT2D eigenvalue weighted by Gasteiger charge is 2.13. The molecule has 2 rings (SSSR count). The third-order valence-electron chi connectivity index (χ3n) is 2.96. The Morgan fingerprint density at radius 2 is 1.89 bits per heavy atom. The van der Waals surface area contributed by atoms with Crippen molar-refractivity contribution in [1.82, 2.24) is 0 Å². The van der Waals surface area contributed by atoms with Crippen molar-refractivity contribution in [2.75, 3.05) is 7.11 Å². The molecule has 1 atom stereocenters. The minimum absolute atomic E-state index is 0.251. The van der Waals surface area contributed by atoms with Gasteiger partial charge in [-0.3, -0.25) is 0 Å². The van der Waals surface area contributed by atoms with Crippen LogP contribution in [0.15, 0.2) is 42.5 Å². The summed E-state index contributed by atoms with van der Waals surface area (Å²) in [4.78, 5) is 0. The number of rotatable bonds is 4. The summed E-state index contributed by atoms with van der Waals surface area (Å²) in [6.45, 7) is 0. The van der Waals surface area contributed by atoms with Crippen LogP contribution in [0.2, 0.25) is 5.02 Å². The molecule has 1 unspecified atom stereocenters. The molecule has 0 saturated heterocycles. The predicted octanol–water partition coefficient (Wildman–Crippen LogP) is 3.73. The second-order valence-electron chi connectivity index (χ2n) is 4.32. The van der Waals surface area contributed by atoms with Gasteiger partial charge in [-0.2, -0.15) is 0 Å². The topological polar surface area (TPSA) is 35.2 Å². The first-order valence-corrected chi connectivity index (χ1v) is 6.31. The Labute approximate surface area is 117 Å². The molecule has 0 aromatic heterocycles. The first kappa shape index (κ1) is 13.8. The Morgan fingerprint density at radius 3 is 2.53 bits per heavy atom. The molecule has 0 aliphatic rings. The van der Waals surface area contributed by atoms with E-state index < -0.39 is 0 Å². The average Bonchev–Trinajstić information content (AvgIpc) is 2.41. The van der Waals surface area contributed by atoms with Crippen LogP contribution in [0.4, 0.5) is 4.39 Å². The lowest BCUT2D eigenvalue weighted by Crippen LogP contribution is -2.14. The lowest BCUT2D eigenvalue weighted by Gasteiger charge is -2.16. The quantitative estimate of drug-likeness (QED) is 0.925. The van der Waals surface area contributed by atoms with Gasteiger partial charge >= 0.3 is 0 Å². The zero-order valence-corrected chi connectivity index (χ0v) is 11.3. The molecule has 2 nitrogen and oxygen atoms in total. The van der Waals surface area contributed by atoms with Gasteiger partial charge in [0.2, 0.25) is 0 Å². The van der Waals surface area contributed by atoms with Gasteiger partial charge in [0.05, 0.1) is 7.11 Å². The van der Waals surface area contributed by atoms with E-state index in [1.54, 1.807) is 37.4 Å². The zero-order chi connectivity index (χ0) is 13.8. The average molecular weight is 280 g/mol. The van der Waals surface area contributed by atoms with Gasteiger partial charge in [-0.25, -0.2) is 4.39 Å². The smallest absolute Gasteiger partial charge is 0.123 e. The molecule has 2 aromatic rings. The van der Waals surface area contributed by atoms with E-state index in [1.165, 1.54) is 12.1 Å². The highest BCUT2D eigenvalue weighted by molar-refractivity contribution is 6.30. The number of halogens is 2. The SMILES string of the molecule is COc1ccc(Cl)cc1C(N)Cc1ccc(F)cc1. The maximum atomic E-state index is 12.8. The molecular weight excluding hydrogens is 265 g/mol. The van der Waals surface area contributed by atoms with Crippen LogP contribution in [0, 0.1) is 5.82 Å². The van der Waals surface area contributed by atoms with Crippen LogP contribution in [-0.4, -0.2) is 7.11 Å². The molecular formula is C15H15ClFNO. The summed E-state index contributed by atoms with van der Waals surface area (Å²) in [5.74, 6) is 0.455. The highest BCUT2D eigenvalue weighted by Crippen LogP contribution is 2.29. The van der Waals surface area contributed by atoms with E-state index in [0.717, 1.165) is 11.1 Å². The first-order valence-electron chi connectivity index (χ1n) is 5.93. The number of ether oxygens (including phenoxy) is 1. The monoisotopic (exact) mass is 279 g/mol. The Kier molecular flexibility index (Phi) is 4.40.